The molecule has 1 rings (SSSR count). The molecule has 1 aliphatic heterocycles. The molecule has 2 unspecified atom stereocenters. The molecule has 1 saturated heterocycles. The quantitative estimate of drug-likeness (QED) is 0.788. The summed E-state index contributed by atoms with van der Waals surface area (Å²) in [6.45, 7) is 6.34. The minimum Gasteiger partial charge on any atom is -0.286 e. The zero-order valence-electron chi connectivity index (χ0n) is 9.63. The summed E-state index contributed by atoms with van der Waals surface area (Å²) in [5.41, 5.74) is -0.0447. The molecule has 4 heteroatoms. The molecule has 0 bridgehead atoms. The Bertz CT molecular complexity index is 267. The lowest BCUT2D eigenvalue weighted by Gasteiger charge is -2.31. The Morgan fingerprint density at radius 3 is 2.47 bits per heavy atom. The molecule has 2 amide bonds. The maximum absolute atomic E-state index is 11.6. The van der Waals surface area contributed by atoms with E-state index in [1.54, 1.807) is 0 Å². The summed E-state index contributed by atoms with van der Waals surface area (Å²) in [5, 5.41) is 1.98. The van der Waals surface area contributed by atoms with Gasteiger partial charge in [-0.15, -0.1) is 0 Å². The molecule has 86 valence electrons. The van der Waals surface area contributed by atoms with E-state index in [9.17, 15) is 9.59 Å². The highest BCUT2D eigenvalue weighted by molar-refractivity contribution is 8.15. The highest BCUT2D eigenvalue weighted by atomic mass is 32.2. The van der Waals surface area contributed by atoms with Gasteiger partial charge in [0.25, 0.3) is 5.24 Å². The first-order valence-corrected chi connectivity index (χ1v) is 6.43. The Morgan fingerprint density at radius 2 is 2.07 bits per heavy atom. The number of hydrogen-bond donors (Lipinski definition) is 1. The van der Waals surface area contributed by atoms with Crippen molar-refractivity contribution in [3.05, 3.63) is 0 Å². The smallest absolute Gasteiger partial charge is 0.286 e. The minimum atomic E-state index is -0.193. The second-order valence-electron chi connectivity index (χ2n) is 4.39. The van der Waals surface area contributed by atoms with E-state index in [4.69, 9.17) is 0 Å². The van der Waals surface area contributed by atoms with E-state index in [2.05, 4.69) is 26.1 Å². The van der Waals surface area contributed by atoms with Gasteiger partial charge in [-0.05, 0) is 18.3 Å². The number of nitrogens with one attached hydrogen (secondary N) is 1. The van der Waals surface area contributed by atoms with Crippen LogP contribution in [0.4, 0.5) is 4.79 Å². The van der Waals surface area contributed by atoms with Crippen LogP contribution in [0.25, 0.3) is 0 Å². The number of hydrogen-bond acceptors (Lipinski definition) is 3. The number of unbranched alkanes of at least 4 members (excludes halogenated alkanes) is 1. The molecule has 15 heavy (non-hydrogen) atoms. The van der Waals surface area contributed by atoms with Crippen molar-refractivity contribution in [2.75, 3.05) is 0 Å². The summed E-state index contributed by atoms with van der Waals surface area (Å²) in [6.07, 6.45) is 4.19. The van der Waals surface area contributed by atoms with Crippen LogP contribution in [0.5, 0.6) is 0 Å². The van der Waals surface area contributed by atoms with Gasteiger partial charge < -0.3 is 0 Å². The molecule has 0 aromatic heterocycles. The maximum Gasteiger partial charge on any atom is 0.286 e. The van der Waals surface area contributed by atoms with E-state index in [1.807, 2.05) is 0 Å². The van der Waals surface area contributed by atoms with Crippen molar-refractivity contribution in [3.63, 3.8) is 0 Å². The summed E-state index contributed by atoms with van der Waals surface area (Å²) >= 11 is 1.16. The van der Waals surface area contributed by atoms with E-state index in [0.717, 1.165) is 37.4 Å². The van der Waals surface area contributed by atoms with Gasteiger partial charge in [0.15, 0.2) is 0 Å². The average Bonchev–Trinajstić information content (AvgIpc) is 2.55. The predicted octanol–water partition coefficient (Wildman–Crippen LogP) is 2.94. The van der Waals surface area contributed by atoms with Crippen LogP contribution in [0.2, 0.25) is 0 Å². The van der Waals surface area contributed by atoms with Gasteiger partial charge in [0.2, 0.25) is 5.91 Å². The Labute approximate surface area is 95.4 Å². The van der Waals surface area contributed by atoms with Crippen LogP contribution in [-0.2, 0) is 4.79 Å². The van der Waals surface area contributed by atoms with Crippen LogP contribution in [-0.4, -0.2) is 16.4 Å². The van der Waals surface area contributed by atoms with Gasteiger partial charge in [-0.1, -0.05) is 45.4 Å². The van der Waals surface area contributed by atoms with Crippen molar-refractivity contribution in [2.24, 2.45) is 5.41 Å². The second kappa shape index (κ2) is 5.01. The highest BCUT2D eigenvalue weighted by Crippen LogP contribution is 2.41. The lowest BCUT2D eigenvalue weighted by molar-refractivity contribution is -0.121. The van der Waals surface area contributed by atoms with Gasteiger partial charge in [-0.25, -0.2) is 0 Å². The molecule has 1 N–H and O–H groups in total. The van der Waals surface area contributed by atoms with Gasteiger partial charge in [0.1, 0.15) is 0 Å². The SMILES string of the molecule is CCCCC(C)(CC)C1SC(=O)NC1=O. The summed E-state index contributed by atoms with van der Waals surface area (Å²) in [6, 6.07) is 0. The monoisotopic (exact) mass is 229 g/mol. The number of amides is 2. The summed E-state index contributed by atoms with van der Waals surface area (Å²) < 4.78 is 0. The van der Waals surface area contributed by atoms with Gasteiger partial charge >= 0.3 is 0 Å². The summed E-state index contributed by atoms with van der Waals surface area (Å²) in [4.78, 5) is 22.7. The molecular formula is C11H19NO2S. The van der Waals surface area contributed by atoms with Crippen LogP contribution in [0.3, 0.4) is 0 Å². The Morgan fingerprint density at radius 1 is 1.40 bits per heavy atom. The van der Waals surface area contributed by atoms with Gasteiger partial charge in [0.05, 0.1) is 5.25 Å². The van der Waals surface area contributed by atoms with Crippen molar-refractivity contribution < 1.29 is 9.59 Å². The number of carbonyl (C=O) groups excluding carboxylic acids is 2. The van der Waals surface area contributed by atoms with Crippen LogP contribution >= 0.6 is 11.8 Å². The Balaban J connectivity index is 2.72. The normalized spacial score (nSPS) is 25.1. The second-order valence-corrected chi connectivity index (χ2v) is 5.46. The van der Waals surface area contributed by atoms with Crippen LogP contribution in [0, 0.1) is 5.41 Å². The third kappa shape index (κ3) is 2.74. The number of imide groups is 1. The van der Waals surface area contributed by atoms with E-state index in [0.29, 0.717) is 0 Å². The molecule has 0 spiro atoms. The zero-order valence-corrected chi connectivity index (χ0v) is 10.4. The highest BCUT2D eigenvalue weighted by Gasteiger charge is 2.43. The molecule has 0 aromatic rings. The molecule has 1 fully saturated rings. The molecular weight excluding hydrogens is 210 g/mol. The van der Waals surface area contributed by atoms with E-state index in [1.165, 1.54) is 0 Å². The van der Waals surface area contributed by atoms with Crippen LogP contribution in [0.15, 0.2) is 0 Å². The molecule has 2 atom stereocenters. The fourth-order valence-electron chi connectivity index (χ4n) is 1.89. The fraction of sp³-hybridized carbons (Fsp3) is 0.818. The third-order valence-corrected chi connectivity index (χ3v) is 4.57. The first-order chi connectivity index (χ1) is 7.03. The Hall–Kier alpha value is -0.510. The lowest BCUT2D eigenvalue weighted by Crippen LogP contribution is -2.36. The van der Waals surface area contributed by atoms with E-state index >= 15 is 0 Å². The van der Waals surface area contributed by atoms with E-state index in [-0.39, 0.29) is 21.8 Å². The predicted molar refractivity (Wildman–Crippen MR) is 62.8 cm³/mol. The van der Waals surface area contributed by atoms with Crippen molar-refractivity contribution in [3.8, 4) is 0 Å². The molecule has 3 nitrogen and oxygen atoms in total. The number of carbonyl (C=O) groups is 2. The first-order valence-electron chi connectivity index (χ1n) is 5.55. The number of thioether (sulfide) groups is 1. The first kappa shape index (κ1) is 12.6. The van der Waals surface area contributed by atoms with Crippen LogP contribution in [0.1, 0.15) is 46.5 Å². The fourth-order valence-corrected chi connectivity index (χ4v) is 3.00. The molecule has 0 saturated carbocycles. The molecule has 1 heterocycles. The Kier molecular flexibility index (Phi) is 4.20. The third-order valence-electron chi connectivity index (χ3n) is 3.23. The largest absolute Gasteiger partial charge is 0.286 e. The van der Waals surface area contributed by atoms with Gasteiger partial charge in [-0.3, -0.25) is 14.9 Å². The standard InChI is InChI=1S/C11H19NO2S/c1-4-6-7-11(3,5-2)8-9(13)12-10(14)15-8/h8H,4-7H2,1-3H3,(H,12,13,14). The summed E-state index contributed by atoms with van der Waals surface area (Å²) in [5.74, 6) is -0.106. The lowest BCUT2D eigenvalue weighted by atomic mass is 9.78. The zero-order chi connectivity index (χ0) is 11.5. The van der Waals surface area contributed by atoms with Crippen molar-refractivity contribution in [1.29, 1.82) is 0 Å². The van der Waals surface area contributed by atoms with Crippen molar-refractivity contribution >= 4 is 22.9 Å². The topological polar surface area (TPSA) is 46.2 Å². The van der Waals surface area contributed by atoms with Crippen molar-refractivity contribution in [1.82, 2.24) is 5.32 Å². The number of rotatable bonds is 5. The molecule has 1 aliphatic rings. The molecule has 0 radical (unpaired) electrons. The molecule has 0 aliphatic carbocycles. The van der Waals surface area contributed by atoms with Gasteiger partial charge in [0, 0.05) is 0 Å². The minimum absolute atomic E-state index is 0.0447. The van der Waals surface area contributed by atoms with Crippen molar-refractivity contribution in [2.45, 2.75) is 51.7 Å². The molecule has 0 aromatic carbocycles. The van der Waals surface area contributed by atoms with Gasteiger partial charge in [-0.2, -0.15) is 0 Å². The van der Waals surface area contributed by atoms with E-state index < -0.39 is 0 Å². The maximum atomic E-state index is 11.6. The average molecular weight is 229 g/mol. The summed E-state index contributed by atoms with van der Waals surface area (Å²) in [7, 11) is 0. The van der Waals surface area contributed by atoms with Crippen LogP contribution < -0.4 is 5.32 Å².